The van der Waals surface area contributed by atoms with Gasteiger partial charge in [-0.2, -0.15) is 14.5 Å². The minimum atomic E-state index is -3.44. The maximum atomic E-state index is 12.7. The first kappa shape index (κ1) is 20.5. The van der Waals surface area contributed by atoms with Crippen LogP contribution >= 0.6 is 0 Å². The Morgan fingerprint density at radius 2 is 1.82 bits per heavy atom. The molecule has 1 fully saturated rings. The van der Waals surface area contributed by atoms with Gasteiger partial charge in [-0.3, -0.25) is 4.79 Å². The van der Waals surface area contributed by atoms with Crippen LogP contribution in [0.15, 0.2) is 39.4 Å². The summed E-state index contributed by atoms with van der Waals surface area (Å²) in [5.74, 6) is 2.47. The largest absolute Gasteiger partial charge is 0.356 e. The Bertz CT molecular complexity index is 860. The van der Waals surface area contributed by atoms with Gasteiger partial charge in [-0.25, -0.2) is 8.42 Å². The number of rotatable bonds is 9. The molecule has 0 spiro atoms. The van der Waals surface area contributed by atoms with Crippen molar-refractivity contribution < 1.29 is 13.2 Å². The third-order valence-electron chi connectivity index (χ3n) is 5.14. The third-order valence-corrected chi connectivity index (χ3v) is 7.05. The zero-order chi connectivity index (χ0) is 20.0. The van der Waals surface area contributed by atoms with Gasteiger partial charge in [0.1, 0.15) is 0 Å². The van der Waals surface area contributed by atoms with E-state index < -0.39 is 15.7 Å². The minimum absolute atomic E-state index is 0.112. The lowest BCUT2D eigenvalue weighted by molar-refractivity contribution is -0.120. The van der Waals surface area contributed by atoms with E-state index in [1.165, 1.54) is 0 Å². The Labute approximate surface area is 166 Å². The molecule has 7 nitrogen and oxygen atoms in total. The summed E-state index contributed by atoms with van der Waals surface area (Å²) < 4.78 is 26.9. The van der Waals surface area contributed by atoms with Gasteiger partial charge in [0, 0.05) is 38.9 Å². The molecule has 2 aliphatic rings. The van der Waals surface area contributed by atoms with E-state index in [9.17, 15) is 13.2 Å². The zero-order valence-corrected chi connectivity index (χ0v) is 16.7. The number of piperidine rings is 1. The van der Waals surface area contributed by atoms with Crippen LogP contribution in [0.2, 0.25) is 0 Å². The van der Waals surface area contributed by atoms with E-state index in [1.54, 1.807) is 28.6 Å². The van der Waals surface area contributed by atoms with Gasteiger partial charge in [0.2, 0.25) is 15.9 Å². The van der Waals surface area contributed by atoms with Crippen molar-refractivity contribution in [1.29, 1.82) is 0 Å². The van der Waals surface area contributed by atoms with Gasteiger partial charge in [0.15, 0.2) is 5.66 Å². The summed E-state index contributed by atoms with van der Waals surface area (Å²) in [7, 11) is -3.44. The molecule has 0 unspecified atom stereocenters. The lowest BCUT2D eigenvalue weighted by Gasteiger charge is -2.25. The molecule has 2 aliphatic heterocycles. The summed E-state index contributed by atoms with van der Waals surface area (Å²) in [5.41, 5.74) is 0.377. The predicted octanol–water partition coefficient (Wildman–Crippen LogP) is 2.49. The molecule has 1 amide bonds. The molecule has 2 heterocycles. The zero-order valence-electron chi connectivity index (χ0n) is 15.9. The number of nitrogens with one attached hydrogen (secondary N) is 1. The minimum Gasteiger partial charge on any atom is -0.356 e. The smallest absolute Gasteiger partial charge is 0.243 e. The lowest BCUT2D eigenvalue weighted by Crippen LogP contribution is -2.35. The monoisotopic (exact) mass is 402 g/mol. The lowest BCUT2D eigenvalue weighted by atomic mass is 10.0. The van der Waals surface area contributed by atoms with Crippen LogP contribution in [0.25, 0.3) is 0 Å². The number of carbonyl (C=O) groups excluding carboxylic acids is 1. The standard InChI is InChI=1S/C20H26N4O3S/c1-2-3-11-20(22-23-20)12-13-21-19(25)16-17-7-9-18(10-8-17)28(26,27)24-14-5-4-6-15-24/h1,7-10H,3-6,11-16H2,(H,21,25). The van der Waals surface area contributed by atoms with E-state index >= 15 is 0 Å². The molecule has 3 rings (SSSR count). The van der Waals surface area contributed by atoms with E-state index in [0.29, 0.717) is 38.9 Å². The Balaban J connectivity index is 1.47. The Kier molecular flexibility index (Phi) is 6.47. The Morgan fingerprint density at radius 3 is 2.43 bits per heavy atom. The van der Waals surface area contributed by atoms with Crippen LogP contribution in [0.4, 0.5) is 0 Å². The first-order chi connectivity index (χ1) is 13.5. The molecule has 8 heteroatoms. The highest BCUT2D eigenvalue weighted by Gasteiger charge is 2.38. The summed E-state index contributed by atoms with van der Waals surface area (Å²) >= 11 is 0. The number of carbonyl (C=O) groups is 1. The van der Waals surface area contributed by atoms with Crippen LogP contribution < -0.4 is 5.32 Å². The molecule has 0 aliphatic carbocycles. The summed E-state index contributed by atoms with van der Waals surface area (Å²) in [6.45, 7) is 1.64. The van der Waals surface area contributed by atoms with E-state index in [-0.39, 0.29) is 17.2 Å². The van der Waals surface area contributed by atoms with Crippen LogP contribution in [-0.4, -0.2) is 43.9 Å². The van der Waals surface area contributed by atoms with Crippen molar-refractivity contribution in [3.05, 3.63) is 29.8 Å². The highest BCUT2D eigenvalue weighted by molar-refractivity contribution is 7.89. The number of hydrogen-bond donors (Lipinski definition) is 1. The fraction of sp³-hybridized carbons (Fsp3) is 0.550. The Morgan fingerprint density at radius 1 is 1.14 bits per heavy atom. The number of sulfonamides is 1. The molecule has 0 saturated carbocycles. The first-order valence-corrected chi connectivity index (χ1v) is 11.1. The number of terminal acetylenes is 1. The molecule has 0 atom stereocenters. The maximum absolute atomic E-state index is 12.7. The van der Waals surface area contributed by atoms with Crippen LogP contribution in [0.1, 0.15) is 44.1 Å². The molecule has 1 N–H and O–H groups in total. The molecular formula is C20H26N4O3S. The number of amides is 1. The second kappa shape index (κ2) is 8.84. The number of benzene rings is 1. The number of nitrogens with zero attached hydrogens (tertiary/aromatic N) is 3. The van der Waals surface area contributed by atoms with E-state index in [2.05, 4.69) is 21.5 Å². The van der Waals surface area contributed by atoms with Crippen LogP contribution in [0, 0.1) is 12.3 Å². The predicted molar refractivity (Wildman–Crippen MR) is 106 cm³/mol. The fourth-order valence-electron chi connectivity index (χ4n) is 3.35. The van der Waals surface area contributed by atoms with Crippen molar-refractivity contribution in [2.45, 2.75) is 55.5 Å². The molecule has 1 aromatic carbocycles. The van der Waals surface area contributed by atoms with Crippen molar-refractivity contribution in [2.75, 3.05) is 19.6 Å². The second-order valence-corrected chi connectivity index (χ2v) is 9.21. The first-order valence-electron chi connectivity index (χ1n) is 9.69. The van der Waals surface area contributed by atoms with E-state index in [0.717, 1.165) is 24.8 Å². The fourth-order valence-corrected chi connectivity index (χ4v) is 4.87. The topological polar surface area (TPSA) is 91.2 Å². The maximum Gasteiger partial charge on any atom is 0.243 e. The van der Waals surface area contributed by atoms with E-state index in [1.807, 2.05) is 0 Å². The van der Waals surface area contributed by atoms with Crippen molar-refractivity contribution in [1.82, 2.24) is 9.62 Å². The second-order valence-electron chi connectivity index (χ2n) is 7.27. The number of hydrogen-bond acceptors (Lipinski definition) is 5. The van der Waals surface area contributed by atoms with E-state index in [4.69, 9.17) is 6.42 Å². The summed E-state index contributed by atoms with van der Waals surface area (Å²) in [6.07, 6.45) is 10.3. The summed E-state index contributed by atoms with van der Waals surface area (Å²) in [6, 6.07) is 6.58. The Hall–Kier alpha value is -2.24. The molecule has 0 radical (unpaired) electrons. The van der Waals surface area contributed by atoms with Crippen molar-refractivity contribution in [3.8, 4) is 12.3 Å². The van der Waals surface area contributed by atoms with Gasteiger partial charge >= 0.3 is 0 Å². The van der Waals surface area contributed by atoms with Crippen molar-refractivity contribution >= 4 is 15.9 Å². The van der Waals surface area contributed by atoms with Gasteiger partial charge in [-0.1, -0.05) is 18.6 Å². The average molecular weight is 403 g/mol. The van der Waals surface area contributed by atoms with Crippen molar-refractivity contribution in [2.24, 2.45) is 10.2 Å². The molecule has 0 bridgehead atoms. The van der Waals surface area contributed by atoms with Crippen molar-refractivity contribution in [3.63, 3.8) is 0 Å². The average Bonchev–Trinajstić information content (AvgIpc) is 3.47. The quantitative estimate of drug-likeness (QED) is 0.643. The molecule has 28 heavy (non-hydrogen) atoms. The molecule has 0 aromatic heterocycles. The highest BCUT2D eigenvalue weighted by Crippen LogP contribution is 2.36. The van der Waals surface area contributed by atoms with Crippen LogP contribution in [-0.2, 0) is 21.2 Å². The summed E-state index contributed by atoms with van der Waals surface area (Å²) in [5, 5.41) is 10.9. The third kappa shape index (κ3) is 5.18. The van der Waals surface area contributed by atoms with Gasteiger partial charge in [-0.05, 0) is 30.5 Å². The van der Waals surface area contributed by atoms with Gasteiger partial charge in [0.05, 0.1) is 11.3 Å². The van der Waals surface area contributed by atoms with Gasteiger partial charge < -0.3 is 5.32 Å². The summed E-state index contributed by atoms with van der Waals surface area (Å²) in [4.78, 5) is 12.4. The van der Waals surface area contributed by atoms with Gasteiger partial charge in [0.25, 0.3) is 0 Å². The van der Waals surface area contributed by atoms with Crippen LogP contribution in [0.5, 0.6) is 0 Å². The van der Waals surface area contributed by atoms with Gasteiger partial charge in [-0.15, -0.1) is 12.3 Å². The molecule has 1 saturated heterocycles. The molecule has 1 aromatic rings. The molecular weight excluding hydrogens is 376 g/mol. The molecule has 150 valence electrons. The SMILES string of the molecule is C#CCCC1(CCNC(=O)Cc2ccc(S(=O)(=O)N3CCCCC3)cc2)N=N1. The highest BCUT2D eigenvalue weighted by atomic mass is 32.2. The normalized spacial score (nSPS) is 18.4. The van der Waals surface area contributed by atoms with Crippen LogP contribution in [0.3, 0.4) is 0 Å².